The van der Waals surface area contributed by atoms with Gasteiger partial charge in [0.2, 0.25) is 5.91 Å². The first-order chi connectivity index (χ1) is 10.7. The normalized spacial score (nSPS) is 19.0. The number of carbonyl (C=O) groups excluding carboxylic acids is 1. The highest BCUT2D eigenvalue weighted by Gasteiger charge is 2.35. The zero-order valence-corrected chi connectivity index (χ0v) is 13.0. The van der Waals surface area contributed by atoms with Gasteiger partial charge in [-0.1, -0.05) is 12.1 Å². The SMILES string of the molecule is N#CC1(NC(=O)CNc2cccc3c2CCCC3)CCCC1. The van der Waals surface area contributed by atoms with Gasteiger partial charge in [-0.2, -0.15) is 5.26 Å². The van der Waals surface area contributed by atoms with Crippen molar-refractivity contribution in [3.63, 3.8) is 0 Å². The van der Waals surface area contributed by atoms with Crippen LogP contribution in [0.1, 0.15) is 49.7 Å². The Morgan fingerprint density at radius 3 is 2.73 bits per heavy atom. The molecule has 3 rings (SSSR count). The number of carbonyl (C=O) groups is 1. The number of hydrogen-bond acceptors (Lipinski definition) is 3. The maximum absolute atomic E-state index is 12.2. The fraction of sp³-hybridized carbons (Fsp3) is 0.556. The van der Waals surface area contributed by atoms with Crippen LogP contribution in [-0.4, -0.2) is 18.0 Å². The van der Waals surface area contributed by atoms with Crippen molar-refractivity contribution in [2.45, 2.75) is 56.9 Å². The molecule has 0 radical (unpaired) electrons. The van der Waals surface area contributed by atoms with E-state index in [0.717, 1.165) is 44.2 Å². The Balaban J connectivity index is 1.61. The summed E-state index contributed by atoms with van der Waals surface area (Å²) < 4.78 is 0. The summed E-state index contributed by atoms with van der Waals surface area (Å²) in [5.41, 5.74) is 3.21. The van der Waals surface area contributed by atoms with E-state index in [9.17, 15) is 10.1 Å². The van der Waals surface area contributed by atoms with Gasteiger partial charge in [-0.05, 0) is 68.6 Å². The number of nitrogens with zero attached hydrogens (tertiary/aromatic N) is 1. The van der Waals surface area contributed by atoms with Gasteiger partial charge in [-0.25, -0.2) is 0 Å². The standard InChI is InChI=1S/C18H23N3O/c19-13-18(10-3-4-11-18)21-17(22)12-20-16-9-5-7-14-6-1-2-8-15(14)16/h5,7,9,20H,1-4,6,8,10-12H2,(H,21,22). The molecular formula is C18H23N3O. The Hall–Kier alpha value is -2.02. The summed E-state index contributed by atoms with van der Waals surface area (Å²) in [6.45, 7) is 0.236. The molecule has 0 bridgehead atoms. The first-order valence-corrected chi connectivity index (χ1v) is 8.29. The van der Waals surface area contributed by atoms with Gasteiger partial charge in [0.15, 0.2) is 0 Å². The monoisotopic (exact) mass is 297 g/mol. The number of hydrogen-bond donors (Lipinski definition) is 2. The lowest BCUT2D eigenvalue weighted by Crippen LogP contribution is -2.47. The predicted molar refractivity (Wildman–Crippen MR) is 86.5 cm³/mol. The molecule has 0 saturated heterocycles. The molecule has 4 nitrogen and oxygen atoms in total. The molecule has 1 amide bonds. The lowest BCUT2D eigenvalue weighted by Gasteiger charge is -2.23. The van der Waals surface area contributed by atoms with E-state index in [-0.39, 0.29) is 12.5 Å². The van der Waals surface area contributed by atoms with Crippen molar-refractivity contribution in [1.29, 1.82) is 5.26 Å². The minimum Gasteiger partial charge on any atom is -0.376 e. The maximum atomic E-state index is 12.2. The third-order valence-electron chi connectivity index (χ3n) is 4.89. The summed E-state index contributed by atoms with van der Waals surface area (Å²) in [4.78, 5) is 12.2. The molecule has 1 aromatic rings. The minimum absolute atomic E-state index is 0.0862. The van der Waals surface area contributed by atoms with Crippen LogP contribution in [0.15, 0.2) is 18.2 Å². The molecular weight excluding hydrogens is 274 g/mol. The Morgan fingerprint density at radius 1 is 1.18 bits per heavy atom. The molecule has 1 fully saturated rings. The van der Waals surface area contributed by atoms with Gasteiger partial charge in [0.05, 0.1) is 12.6 Å². The summed E-state index contributed by atoms with van der Waals surface area (Å²) in [6.07, 6.45) is 8.28. The van der Waals surface area contributed by atoms with E-state index in [1.807, 2.05) is 6.07 Å². The van der Waals surface area contributed by atoms with Crippen LogP contribution in [0.2, 0.25) is 0 Å². The van der Waals surface area contributed by atoms with Crippen LogP contribution >= 0.6 is 0 Å². The highest BCUT2D eigenvalue weighted by atomic mass is 16.2. The van der Waals surface area contributed by atoms with E-state index in [1.54, 1.807) is 0 Å². The van der Waals surface area contributed by atoms with Gasteiger partial charge in [-0.15, -0.1) is 0 Å². The van der Waals surface area contributed by atoms with Crippen LogP contribution in [0.5, 0.6) is 0 Å². The van der Waals surface area contributed by atoms with E-state index in [4.69, 9.17) is 0 Å². The summed E-state index contributed by atoms with van der Waals surface area (Å²) in [6, 6.07) is 8.58. The van der Waals surface area contributed by atoms with Crippen LogP contribution in [0.25, 0.3) is 0 Å². The third-order valence-corrected chi connectivity index (χ3v) is 4.89. The number of nitriles is 1. The topological polar surface area (TPSA) is 64.9 Å². The lowest BCUT2D eigenvalue weighted by molar-refractivity contribution is -0.120. The summed E-state index contributed by atoms with van der Waals surface area (Å²) in [5.74, 6) is -0.0862. The Kier molecular flexibility index (Phi) is 4.33. The van der Waals surface area contributed by atoms with Gasteiger partial charge < -0.3 is 10.6 Å². The van der Waals surface area contributed by atoms with Crippen LogP contribution < -0.4 is 10.6 Å². The zero-order chi connectivity index (χ0) is 15.4. The van der Waals surface area contributed by atoms with E-state index >= 15 is 0 Å². The average molecular weight is 297 g/mol. The number of aryl methyl sites for hydroxylation is 1. The van der Waals surface area contributed by atoms with Crippen molar-refractivity contribution in [3.05, 3.63) is 29.3 Å². The first kappa shape index (κ1) is 14.9. The zero-order valence-electron chi connectivity index (χ0n) is 13.0. The molecule has 0 aliphatic heterocycles. The van der Waals surface area contributed by atoms with Crippen LogP contribution in [-0.2, 0) is 17.6 Å². The van der Waals surface area contributed by atoms with Crippen molar-refractivity contribution in [1.82, 2.24) is 5.32 Å². The van der Waals surface area contributed by atoms with Gasteiger partial charge in [0.25, 0.3) is 0 Å². The molecule has 2 aliphatic carbocycles. The predicted octanol–water partition coefficient (Wildman–Crippen LogP) is 2.93. The molecule has 0 heterocycles. The minimum atomic E-state index is -0.630. The number of nitrogens with one attached hydrogen (secondary N) is 2. The van der Waals surface area contributed by atoms with Gasteiger partial charge >= 0.3 is 0 Å². The fourth-order valence-corrected chi connectivity index (χ4v) is 3.68. The molecule has 4 heteroatoms. The molecule has 22 heavy (non-hydrogen) atoms. The fourth-order valence-electron chi connectivity index (χ4n) is 3.68. The molecule has 0 aromatic heterocycles. The molecule has 2 N–H and O–H groups in total. The maximum Gasteiger partial charge on any atom is 0.240 e. The Morgan fingerprint density at radius 2 is 1.95 bits per heavy atom. The van der Waals surface area contributed by atoms with E-state index in [2.05, 4.69) is 28.8 Å². The van der Waals surface area contributed by atoms with Gasteiger partial charge in [0.1, 0.15) is 5.54 Å². The van der Waals surface area contributed by atoms with Crippen molar-refractivity contribution in [2.75, 3.05) is 11.9 Å². The van der Waals surface area contributed by atoms with Gasteiger partial charge in [0, 0.05) is 5.69 Å². The highest BCUT2D eigenvalue weighted by molar-refractivity contribution is 5.82. The second kappa shape index (κ2) is 6.39. The summed E-state index contributed by atoms with van der Waals surface area (Å²) >= 11 is 0. The van der Waals surface area contributed by atoms with Crippen molar-refractivity contribution < 1.29 is 4.79 Å². The number of amides is 1. The highest BCUT2D eigenvalue weighted by Crippen LogP contribution is 2.29. The van der Waals surface area contributed by atoms with E-state index < -0.39 is 5.54 Å². The van der Waals surface area contributed by atoms with Gasteiger partial charge in [-0.3, -0.25) is 4.79 Å². The largest absolute Gasteiger partial charge is 0.376 e. The van der Waals surface area contributed by atoms with Crippen molar-refractivity contribution in [3.8, 4) is 6.07 Å². The number of anilines is 1. The molecule has 1 aromatic carbocycles. The van der Waals surface area contributed by atoms with Crippen LogP contribution in [0, 0.1) is 11.3 Å². The number of rotatable bonds is 4. The van der Waals surface area contributed by atoms with Crippen LogP contribution in [0.3, 0.4) is 0 Å². The molecule has 0 atom stereocenters. The number of fused-ring (bicyclic) bond motifs is 1. The smallest absolute Gasteiger partial charge is 0.240 e. The third kappa shape index (κ3) is 3.09. The number of benzene rings is 1. The Bertz CT molecular complexity index is 597. The summed E-state index contributed by atoms with van der Waals surface area (Å²) in [7, 11) is 0. The van der Waals surface area contributed by atoms with Crippen molar-refractivity contribution in [2.24, 2.45) is 0 Å². The summed E-state index contributed by atoms with van der Waals surface area (Å²) in [5, 5.41) is 15.5. The van der Waals surface area contributed by atoms with E-state index in [0.29, 0.717) is 0 Å². The molecule has 0 spiro atoms. The Labute approximate surface area is 131 Å². The van der Waals surface area contributed by atoms with Crippen LogP contribution in [0.4, 0.5) is 5.69 Å². The molecule has 2 aliphatic rings. The second-order valence-corrected chi connectivity index (χ2v) is 6.45. The first-order valence-electron chi connectivity index (χ1n) is 8.29. The quantitative estimate of drug-likeness (QED) is 0.898. The molecule has 1 saturated carbocycles. The molecule has 116 valence electrons. The second-order valence-electron chi connectivity index (χ2n) is 6.45. The average Bonchev–Trinajstić information content (AvgIpc) is 3.02. The van der Waals surface area contributed by atoms with Crippen molar-refractivity contribution >= 4 is 11.6 Å². The molecule has 0 unspecified atom stereocenters. The lowest BCUT2D eigenvalue weighted by atomic mass is 9.90. The van der Waals surface area contributed by atoms with E-state index in [1.165, 1.54) is 24.0 Å².